The van der Waals surface area contributed by atoms with Gasteiger partial charge in [0, 0.05) is 32.1 Å². The van der Waals surface area contributed by atoms with E-state index in [-0.39, 0.29) is 29.5 Å². The summed E-state index contributed by atoms with van der Waals surface area (Å²) < 4.78 is 0. The smallest absolute Gasteiger partial charge is 0.240 e. The van der Waals surface area contributed by atoms with Crippen LogP contribution in [0.2, 0.25) is 0 Å². The van der Waals surface area contributed by atoms with E-state index in [0.29, 0.717) is 45.4 Å². The maximum absolute atomic E-state index is 13.4. The van der Waals surface area contributed by atoms with Crippen molar-refractivity contribution in [3.05, 3.63) is 65.2 Å². The number of phenolic OH excluding ortho intramolecular Hbond substituents is 1. The van der Waals surface area contributed by atoms with E-state index in [1.165, 1.54) is 11.1 Å². The molecular formula is C23H27N3O3. The van der Waals surface area contributed by atoms with Crippen LogP contribution >= 0.6 is 0 Å². The molecule has 1 atom stereocenters. The normalized spacial score (nSPS) is 20.3. The van der Waals surface area contributed by atoms with Gasteiger partial charge in [0.05, 0.1) is 6.04 Å². The standard InChI is InChI=1S/C23H27N3O3/c24-22(28)17-9-11-25(12-10-17)23(29)21-13-18-3-1-2-4-19(18)15-26(21)14-16-5-7-20(27)8-6-16/h1-8,17,21,27H,9-15H2,(H2,24,28)/t21-/m0/s1. The average Bonchev–Trinajstić information content (AvgIpc) is 2.74. The maximum Gasteiger partial charge on any atom is 0.240 e. The van der Waals surface area contributed by atoms with Crippen LogP contribution in [0.3, 0.4) is 0 Å². The van der Waals surface area contributed by atoms with Crippen molar-refractivity contribution in [2.24, 2.45) is 11.7 Å². The molecule has 0 aromatic heterocycles. The first-order valence-electron chi connectivity index (χ1n) is 10.2. The molecule has 2 aromatic carbocycles. The summed E-state index contributed by atoms with van der Waals surface area (Å²) in [5.74, 6) is -0.0271. The Kier molecular flexibility index (Phi) is 5.53. The van der Waals surface area contributed by atoms with Crippen molar-refractivity contribution in [3.63, 3.8) is 0 Å². The van der Waals surface area contributed by atoms with E-state index >= 15 is 0 Å². The predicted octanol–water partition coefficient (Wildman–Crippen LogP) is 2.04. The third-order valence-corrected chi connectivity index (χ3v) is 6.16. The van der Waals surface area contributed by atoms with Gasteiger partial charge in [-0.3, -0.25) is 14.5 Å². The fourth-order valence-corrected chi connectivity index (χ4v) is 4.42. The fraction of sp³-hybridized carbons (Fsp3) is 0.391. The molecule has 0 saturated carbocycles. The minimum absolute atomic E-state index is 0.126. The molecule has 6 heteroatoms. The summed E-state index contributed by atoms with van der Waals surface area (Å²) >= 11 is 0. The zero-order chi connectivity index (χ0) is 20.4. The first kappa shape index (κ1) is 19.5. The van der Waals surface area contributed by atoms with Crippen LogP contribution < -0.4 is 5.73 Å². The Hall–Kier alpha value is -2.86. The number of phenols is 1. The average molecular weight is 393 g/mol. The number of carbonyl (C=O) groups excluding carboxylic acids is 2. The van der Waals surface area contributed by atoms with Gasteiger partial charge in [0.1, 0.15) is 5.75 Å². The Morgan fingerprint density at radius 3 is 2.31 bits per heavy atom. The molecule has 3 N–H and O–H groups in total. The summed E-state index contributed by atoms with van der Waals surface area (Å²) in [5.41, 5.74) is 8.97. The molecule has 0 bridgehead atoms. The zero-order valence-electron chi connectivity index (χ0n) is 16.5. The zero-order valence-corrected chi connectivity index (χ0v) is 16.5. The molecule has 0 unspecified atom stereocenters. The molecule has 0 aliphatic carbocycles. The van der Waals surface area contributed by atoms with E-state index in [4.69, 9.17) is 5.73 Å². The van der Waals surface area contributed by atoms with Crippen molar-refractivity contribution in [1.82, 2.24) is 9.80 Å². The molecule has 1 fully saturated rings. The van der Waals surface area contributed by atoms with Gasteiger partial charge < -0.3 is 15.7 Å². The Labute approximate surface area is 170 Å². The van der Waals surface area contributed by atoms with Crippen molar-refractivity contribution < 1.29 is 14.7 Å². The second-order valence-electron chi connectivity index (χ2n) is 8.06. The number of benzene rings is 2. The monoisotopic (exact) mass is 393 g/mol. The summed E-state index contributed by atoms with van der Waals surface area (Å²) in [5, 5.41) is 9.56. The minimum Gasteiger partial charge on any atom is -0.508 e. The molecular weight excluding hydrogens is 366 g/mol. The second kappa shape index (κ2) is 8.25. The van der Waals surface area contributed by atoms with Crippen LogP contribution in [0.5, 0.6) is 5.75 Å². The SMILES string of the molecule is NC(=O)C1CCN(C(=O)[C@@H]2Cc3ccccc3CN2Cc2ccc(O)cc2)CC1. The fourth-order valence-electron chi connectivity index (χ4n) is 4.42. The Bertz CT molecular complexity index is 888. The largest absolute Gasteiger partial charge is 0.508 e. The molecule has 4 rings (SSSR count). The summed E-state index contributed by atoms with van der Waals surface area (Å²) in [6, 6.07) is 15.2. The van der Waals surface area contributed by atoms with Gasteiger partial charge in [0.15, 0.2) is 0 Å². The summed E-state index contributed by atoms with van der Waals surface area (Å²) in [6.07, 6.45) is 1.97. The molecule has 2 aliphatic heterocycles. The Morgan fingerprint density at radius 2 is 1.66 bits per heavy atom. The van der Waals surface area contributed by atoms with Crippen LogP contribution in [0.1, 0.15) is 29.5 Å². The summed E-state index contributed by atoms with van der Waals surface area (Å²) in [4.78, 5) is 29.0. The number of nitrogens with two attached hydrogens (primary N) is 1. The highest BCUT2D eigenvalue weighted by Crippen LogP contribution is 2.28. The van der Waals surface area contributed by atoms with Crippen molar-refractivity contribution in [1.29, 1.82) is 0 Å². The van der Waals surface area contributed by atoms with E-state index in [0.717, 1.165) is 5.56 Å². The van der Waals surface area contributed by atoms with E-state index in [2.05, 4.69) is 17.0 Å². The van der Waals surface area contributed by atoms with Gasteiger partial charge in [-0.2, -0.15) is 0 Å². The van der Waals surface area contributed by atoms with Gasteiger partial charge in [0.25, 0.3) is 0 Å². The van der Waals surface area contributed by atoms with Crippen LogP contribution in [-0.4, -0.2) is 45.9 Å². The van der Waals surface area contributed by atoms with Gasteiger partial charge in [-0.25, -0.2) is 0 Å². The number of hydrogen-bond donors (Lipinski definition) is 2. The van der Waals surface area contributed by atoms with Crippen LogP contribution in [0.25, 0.3) is 0 Å². The van der Waals surface area contributed by atoms with Crippen molar-refractivity contribution in [3.8, 4) is 5.75 Å². The van der Waals surface area contributed by atoms with Crippen molar-refractivity contribution in [2.75, 3.05) is 13.1 Å². The number of carbonyl (C=O) groups is 2. The number of amides is 2. The molecule has 2 aliphatic rings. The topological polar surface area (TPSA) is 86.9 Å². The van der Waals surface area contributed by atoms with Crippen LogP contribution in [-0.2, 0) is 29.1 Å². The van der Waals surface area contributed by atoms with E-state index < -0.39 is 0 Å². The molecule has 29 heavy (non-hydrogen) atoms. The van der Waals surface area contributed by atoms with Crippen LogP contribution in [0.15, 0.2) is 48.5 Å². The lowest BCUT2D eigenvalue weighted by atomic mass is 9.91. The molecule has 6 nitrogen and oxygen atoms in total. The lowest BCUT2D eigenvalue weighted by molar-refractivity contribution is -0.140. The van der Waals surface area contributed by atoms with Crippen LogP contribution in [0, 0.1) is 5.92 Å². The van der Waals surface area contributed by atoms with Crippen molar-refractivity contribution in [2.45, 2.75) is 38.4 Å². The molecule has 2 aromatic rings. The first-order valence-corrected chi connectivity index (χ1v) is 10.2. The molecule has 2 heterocycles. The number of fused-ring (bicyclic) bond motifs is 1. The predicted molar refractivity (Wildman–Crippen MR) is 110 cm³/mol. The number of aromatic hydroxyl groups is 1. The number of hydrogen-bond acceptors (Lipinski definition) is 4. The lowest BCUT2D eigenvalue weighted by Gasteiger charge is -2.40. The number of nitrogens with zero attached hydrogens (tertiary/aromatic N) is 2. The van der Waals surface area contributed by atoms with Crippen LogP contribution in [0.4, 0.5) is 0 Å². The van der Waals surface area contributed by atoms with Gasteiger partial charge >= 0.3 is 0 Å². The molecule has 152 valence electrons. The first-order chi connectivity index (χ1) is 14.0. The molecule has 0 spiro atoms. The van der Waals surface area contributed by atoms with Gasteiger partial charge in [-0.15, -0.1) is 0 Å². The minimum atomic E-state index is -0.266. The van der Waals surface area contributed by atoms with Gasteiger partial charge in [-0.1, -0.05) is 36.4 Å². The van der Waals surface area contributed by atoms with Crippen molar-refractivity contribution >= 4 is 11.8 Å². The highest BCUT2D eigenvalue weighted by Gasteiger charge is 2.36. The van der Waals surface area contributed by atoms with Gasteiger partial charge in [-0.05, 0) is 48.1 Å². The van der Waals surface area contributed by atoms with E-state index in [1.807, 2.05) is 29.2 Å². The van der Waals surface area contributed by atoms with E-state index in [1.54, 1.807) is 12.1 Å². The highest BCUT2D eigenvalue weighted by molar-refractivity contribution is 5.83. The maximum atomic E-state index is 13.4. The highest BCUT2D eigenvalue weighted by atomic mass is 16.3. The third kappa shape index (κ3) is 4.27. The van der Waals surface area contributed by atoms with Gasteiger partial charge in [0.2, 0.25) is 11.8 Å². The lowest BCUT2D eigenvalue weighted by Crippen LogP contribution is -2.53. The summed E-state index contributed by atoms with van der Waals surface area (Å²) in [7, 11) is 0. The third-order valence-electron chi connectivity index (χ3n) is 6.16. The number of rotatable bonds is 4. The molecule has 1 saturated heterocycles. The molecule has 2 amide bonds. The second-order valence-corrected chi connectivity index (χ2v) is 8.06. The number of primary amides is 1. The molecule has 0 radical (unpaired) electrons. The Balaban J connectivity index is 1.54. The quantitative estimate of drug-likeness (QED) is 0.832. The summed E-state index contributed by atoms with van der Waals surface area (Å²) in [6.45, 7) is 2.52. The number of likely N-dealkylation sites (tertiary alicyclic amines) is 1. The van der Waals surface area contributed by atoms with E-state index in [9.17, 15) is 14.7 Å². The Morgan fingerprint density at radius 1 is 1.00 bits per heavy atom. The number of piperidine rings is 1.